The highest BCUT2D eigenvalue weighted by atomic mass is 35.5. The molecule has 1 rings (SSSR count). The topological polar surface area (TPSA) is 108 Å². The van der Waals surface area contributed by atoms with Crippen LogP contribution in [0.3, 0.4) is 0 Å². The van der Waals surface area contributed by atoms with Crippen LogP contribution in [-0.4, -0.2) is 23.3 Å². The van der Waals surface area contributed by atoms with Crippen LogP contribution in [0.1, 0.15) is 13.3 Å². The summed E-state index contributed by atoms with van der Waals surface area (Å²) in [6, 6.07) is 3.78. The van der Waals surface area contributed by atoms with Crippen LogP contribution in [0.15, 0.2) is 23.2 Å². The molecule has 7 nitrogen and oxygen atoms in total. The molecule has 110 valence electrons. The summed E-state index contributed by atoms with van der Waals surface area (Å²) >= 11 is 5.84. The third kappa shape index (κ3) is 5.41. The van der Waals surface area contributed by atoms with Crippen LogP contribution >= 0.6 is 24.0 Å². The Labute approximate surface area is 126 Å². The van der Waals surface area contributed by atoms with Gasteiger partial charge >= 0.3 is 5.97 Å². The zero-order valence-electron chi connectivity index (χ0n) is 10.5. The first-order valence-corrected chi connectivity index (χ1v) is 5.74. The van der Waals surface area contributed by atoms with Gasteiger partial charge in [-0.3, -0.25) is 14.9 Å². The van der Waals surface area contributed by atoms with Crippen molar-refractivity contribution >= 4 is 47.2 Å². The van der Waals surface area contributed by atoms with E-state index in [1.54, 1.807) is 6.92 Å². The van der Waals surface area contributed by atoms with E-state index in [9.17, 15) is 14.9 Å². The fraction of sp³-hybridized carbons (Fsp3) is 0.273. The van der Waals surface area contributed by atoms with Gasteiger partial charge in [0.1, 0.15) is 12.3 Å². The van der Waals surface area contributed by atoms with Crippen molar-refractivity contribution in [3.8, 4) is 0 Å². The zero-order chi connectivity index (χ0) is 14.4. The Kier molecular flexibility index (Phi) is 7.56. The quantitative estimate of drug-likeness (QED) is 0.295. The fourth-order valence-corrected chi connectivity index (χ4v) is 1.41. The second-order valence-corrected chi connectivity index (χ2v) is 3.88. The number of aliphatic imine (C=N–C) groups is 1. The summed E-state index contributed by atoms with van der Waals surface area (Å²) in [7, 11) is 0. The van der Waals surface area contributed by atoms with Crippen LogP contribution in [0.25, 0.3) is 0 Å². The lowest BCUT2D eigenvalue weighted by Crippen LogP contribution is -2.18. The minimum atomic E-state index is -0.573. The van der Waals surface area contributed by atoms with E-state index in [0.29, 0.717) is 0 Å². The fourth-order valence-electron chi connectivity index (χ4n) is 1.25. The molecule has 2 N–H and O–H groups in total. The summed E-state index contributed by atoms with van der Waals surface area (Å²) in [6.45, 7) is 1.91. The average Bonchev–Trinajstić information content (AvgIpc) is 2.31. The highest BCUT2D eigenvalue weighted by molar-refractivity contribution is 6.33. The number of halogens is 2. The van der Waals surface area contributed by atoms with Gasteiger partial charge in [0.05, 0.1) is 22.2 Å². The van der Waals surface area contributed by atoms with Gasteiger partial charge in [-0.15, -0.1) is 12.4 Å². The molecule has 0 bridgehead atoms. The molecule has 0 spiro atoms. The molecule has 0 aliphatic rings. The maximum atomic E-state index is 11.2. The van der Waals surface area contributed by atoms with Crippen LogP contribution < -0.4 is 5.73 Å². The Balaban J connectivity index is 0.00000361. The normalized spacial score (nSPS) is 10.6. The second kappa shape index (κ2) is 8.34. The number of benzene rings is 1. The number of hydrogen-bond acceptors (Lipinski definition) is 5. The summed E-state index contributed by atoms with van der Waals surface area (Å²) in [4.78, 5) is 25.1. The molecule has 0 radical (unpaired) electrons. The highest BCUT2D eigenvalue weighted by Gasteiger charge is 2.11. The van der Waals surface area contributed by atoms with Gasteiger partial charge in [0, 0.05) is 12.1 Å². The SMILES string of the molecule is CCOC(=O)CC(N)=Nc1cc([N+](=O)[O-])ccc1Cl.Cl. The molecule has 0 heterocycles. The first-order chi connectivity index (χ1) is 8.93. The standard InChI is InChI=1S/C11H12ClN3O4.ClH/c1-2-19-11(16)6-10(13)14-9-5-7(15(17)18)3-4-8(9)12;/h3-5H,2,6H2,1H3,(H2,13,14);1H. The number of carbonyl (C=O) groups excluding carboxylic acids is 1. The van der Waals surface area contributed by atoms with Crippen LogP contribution in [-0.2, 0) is 9.53 Å². The number of nitro groups is 1. The summed E-state index contributed by atoms with van der Waals surface area (Å²) in [5.74, 6) is -0.550. The summed E-state index contributed by atoms with van der Waals surface area (Å²) < 4.78 is 4.70. The monoisotopic (exact) mass is 321 g/mol. The van der Waals surface area contributed by atoms with Crippen molar-refractivity contribution in [1.29, 1.82) is 0 Å². The predicted molar refractivity (Wildman–Crippen MR) is 77.9 cm³/mol. The number of esters is 1. The largest absolute Gasteiger partial charge is 0.466 e. The molecule has 20 heavy (non-hydrogen) atoms. The molecule has 1 aromatic rings. The molecular formula is C11H13Cl2N3O4. The third-order valence-corrected chi connectivity index (χ3v) is 2.35. The van der Waals surface area contributed by atoms with Gasteiger partial charge in [-0.1, -0.05) is 11.6 Å². The number of hydrogen-bond donors (Lipinski definition) is 1. The van der Waals surface area contributed by atoms with Crippen molar-refractivity contribution in [2.75, 3.05) is 6.61 Å². The molecule has 9 heteroatoms. The van der Waals surface area contributed by atoms with Gasteiger partial charge in [0.25, 0.3) is 5.69 Å². The van der Waals surface area contributed by atoms with Crippen LogP contribution in [0, 0.1) is 10.1 Å². The first-order valence-electron chi connectivity index (χ1n) is 5.36. The molecule has 0 aliphatic heterocycles. The molecule has 0 aliphatic carbocycles. The lowest BCUT2D eigenvalue weighted by molar-refractivity contribution is -0.384. The van der Waals surface area contributed by atoms with Crippen molar-refractivity contribution in [2.24, 2.45) is 10.7 Å². The van der Waals surface area contributed by atoms with Gasteiger partial charge in [-0.25, -0.2) is 4.99 Å². The number of carbonyl (C=O) groups is 1. The van der Waals surface area contributed by atoms with E-state index < -0.39 is 10.9 Å². The van der Waals surface area contributed by atoms with Crippen molar-refractivity contribution in [3.63, 3.8) is 0 Å². The Morgan fingerprint density at radius 3 is 2.75 bits per heavy atom. The number of amidine groups is 1. The van der Waals surface area contributed by atoms with Crippen molar-refractivity contribution in [1.82, 2.24) is 0 Å². The lowest BCUT2D eigenvalue weighted by atomic mass is 10.3. The smallest absolute Gasteiger partial charge is 0.313 e. The maximum Gasteiger partial charge on any atom is 0.313 e. The number of non-ortho nitro benzene ring substituents is 1. The van der Waals surface area contributed by atoms with Crippen LogP contribution in [0.4, 0.5) is 11.4 Å². The average molecular weight is 322 g/mol. The minimum absolute atomic E-state index is 0. The lowest BCUT2D eigenvalue weighted by Gasteiger charge is -2.03. The molecular weight excluding hydrogens is 309 g/mol. The molecule has 1 aromatic carbocycles. The van der Waals surface area contributed by atoms with Crippen molar-refractivity contribution < 1.29 is 14.5 Å². The van der Waals surface area contributed by atoms with Gasteiger partial charge < -0.3 is 10.5 Å². The summed E-state index contributed by atoms with van der Waals surface area (Å²) in [5, 5.41) is 10.8. The number of ether oxygens (including phenoxy) is 1. The first kappa shape index (κ1) is 18.1. The Hall–Kier alpha value is -1.86. The molecule has 0 amide bonds. The van der Waals surface area contributed by atoms with E-state index in [0.717, 1.165) is 0 Å². The number of nitro benzene ring substituents is 1. The van der Waals surface area contributed by atoms with E-state index in [1.165, 1.54) is 18.2 Å². The summed E-state index contributed by atoms with van der Waals surface area (Å²) in [6.07, 6.45) is -0.202. The van der Waals surface area contributed by atoms with Crippen molar-refractivity contribution in [2.45, 2.75) is 13.3 Å². The maximum absolute atomic E-state index is 11.2. The Bertz CT molecular complexity index is 534. The Morgan fingerprint density at radius 2 is 2.20 bits per heavy atom. The van der Waals surface area contributed by atoms with E-state index in [2.05, 4.69) is 4.99 Å². The van der Waals surface area contributed by atoms with E-state index in [1.807, 2.05) is 0 Å². The number of nitrogens with zero attached hydrogens (tertiary/aromatic N) is 2. The van der Waals surface area contributed by atoms with E-state index in [-0.39, 0.29) is 47.7 Å². The molecule has 0 saturated carbocycles. The van der Waals surface area contributed by atoms with Gasteiger partial charge in [0.15, 0.2) is 0 Å². The van der Waals surface area contributed by atoms with Crippen LogP contribution in [0.5, 0.6) is 0 Å². The number of rotatable bonds is 5. The highest BCUT2D eigenvalue weighted by Crippen LogP contribution is 2.29. The third-order valence-electron chi connectivity index (χ3n) is 2.04. The molecule has 0 unspecified atom stereocenters. The molecule has 0 fully saturated rings. The van der Waals surface area contributed by atoms with Gasteiger partial charge in [0.2, 0.25) is 0 Å². The molecule has 0 saturated heterocycles. The van der Waals surface area contributed by atoms with E-state index in [4.69, 9.17) is 22.1 Å². The van der Waals surface area contributed by atoms with Gasteiger partial charge in [-0.2, -0.15) is 0 Å². The summed E-state index contributed by atoms with van der Waals surface area (Å²) in [5.41, 5.74) is 5.53. The van der Waals surface area contributed by atoms with Gasteiger partial charge in [-0.05, 0) is 13.0 Å². The molecule has 0 atom stereocenters. The van der Waals surface area contributed by atoms with E-state index >= 15 is 0 Å². The Morgan fingerprint density at radius 1 is 1.55 bits per heavy atom. The zero-order valence-corrected chi connectivity index (χ0v) is 12.1. The van der Waals surface area contributed by atoms with Crippen molar-refractivity contribution in [3.05, 3.63) is 33.3 Å². The minimum Gasteiger partial charge on any atom is -0.466 e. The predicted octanol–water partition coefficient (Wildman–Crippen LogP) is 2.61. The van der Waals surface area contributed by atoms with Crippen LogP contribution in [0.2, 0.25) is 5.02 Å². The second-order valence-electron chi connectivity index (χ2n) is 3.48. The molecule has 0 aromatic heterocycles. The number of nitrogens with two attached hydrogens (primary N) is 1.